The van der Waals surface area contributed by atoms with Gasteiger partial charge in [-0.3, -0.25) is 0 Å². The van der Waals surface area contributed by atoms with E-state index in [0.717, 1.165) is 12.2 Å². The summed E-state index contributed by atoms with van der Waals surface area (Å²) in [5.41, 5.74) is -0.998. The molecule has 0 amide bonds. The lowest BCUT2D eigenvalue weighted by Gasteiger charge is -2.57. The number of rotatable bonds is 5. The number of hydrogen-bond donors (Lipinski definition) is 0. The molecule has 0 bridgehead atoms. The molecule has 3 unspecified atom stereocenters. The van der Waals surface area contributed by atoms with Gasteiger partial charge in [-0.25, -0.2) is 9.59 Å². The normalized spacial score (nSPS) is 34.0. The standard InChI is InChI=1S/C26H26F12O4/c1-20-9-7-13(41-18(39)22(27,28)24(31,32)26(36,37)38)11-12(20)3-4-14-15-5-6-17(21(15,2)10-8-16(14)20)42-19(40)23(29,30)25(33,34)35/h7,11,14-17H,3-6,8-10H2,1-2H3/t14?,15?,16?,17-,20-,21-/m0/s1. The van der Waals surface area contributed by atoms with Crippen LogP contribution < -0.4 is 0 Å². The summed E-state index contributed by atoms with van der Waals surface area (Å²) in [5.74, 6) is -25.3. The summed E-state index contributed by atoms with van der Waals surface area (Å²) < 4.78 is 165. The van der Waals surface area contributed by atoms with Crippen LogP contribution in [0.25, 0.3) is 0 Å². The zero-order chi connectivity index (χ0) is 31.9. The Bertz CT molecular complexity index is 1190. The summed E-state index contributed by atoms with van der Waals surface area (Å²) in [6.07, 6.45) is -9.81. The molecule has 6 atom stereocenters. The van der Waals surface area contributed by atoms with Crippen LogP contribution in [0, 0.1) is 28.6 Å². The summed E-state index contributed by atoms with van der Waals surface area (Å²) in [6, 6.07) is 0. The van der Waals surface area contributed by atoms with Crippen molar-refractivity contribution < 1.29 is 71.7 Å². The van der Waals surface area contributed by atoms with Crippen molar-refractivity contribution in [2.24, 2.45) is 28.6 Å². The van der Waals surface area contributed by atoms with Crippen LogP contribution in [-0.2, 0) is 19.1 Å². The van der Waals surface area contributed by atoms with Gasteiger partial charge in [-0.1, -0.05) is 19.4 Å². The van der Waals surface area contributed by atoms with Crippen LogP contribution in [0.2, 0.25) is 0 Å². The lowest BCUT2D eigenvalue weighted by Crippen LogP contribution is -2.56. The van der Waals surface area contributed by atoms with E-state index in [-0.39, 0.29) is 37.0 Å². The summed E-state index contributed by atoms with van der Waals surface area (Å²) >= 11 is 0. The van der Waals surface area contributed by atoms with Gasteiger partial charge in [-0.05, 0) is 80.3 Å². The molecule has 0 spiro atoms. The van der Waals surface area contributed by atoms with Crippen LogP contribution in [0.1, 0.15) is 58.8 Å². The number of hydrogen-bond acceptors (Lipinski definition) is 4. The predicted molar refractivity (Wildman–Crippen MR) is 118 cm³/mol. The second-order valence-electron chi connectivity index (χ2n) is 11.9. The third kappa shape index (κ3) is 4.78. The molecular formula is C26H26F12O4. The Morgan fingerprint density at radius 1 is 0.786 bits per heavy atom. The van der Waals surface area contributed by atoms with Crippen molar-refractivity contribution in [2.75, 3.05) is 0 Å². The van der Waals surface area contributed by atoms with Gasteiger partial charge in [0, 0.05) is 5.41 Å². The fraction of sp³-hybridized carbons (Fsp3) is 0.769. The Morgan fingerprint density at radius 3 is 1.98 bits per heavy atom. The third-order valence-electron chi connectivity index (χ3n) is 9.77. The Labute approximate surface area is 231 Å². The number of halogens is 12. The average Bonchev–Trinajstić information content (AvgIpc) is 3.18. The van der Waals surface area contributed by atoms with Crippen molar-refractivity contribution in [3.63, 3.8) is 0 Å². The van der Waals surface area contributed by atoms with Crippen LogP contribution in [-0.4, -0.2) is 48.2 Å². The minimum Gasteiger partial charge on any atom is -0.457 e. The quantitative estimate of drug-likeness (QED) is 0.229. The van der Waals surface area contributed by atoms with Gasteiger partial charge in [-0.15, -0.1) is 0 Å². The van der Waals surface area contributed by atoms with E-state index in [0.29, 0.717) is 31.3 Å². The summed E-state index contributed by atoms with van der Waals surface area (Å²) in [6.45, 7) is 3.49. The first-order valence-electron chi connectivity index (χ1n) is 13.0. The lowest BCUT2D eigenvalue weighted by atomic mass is 9.48. The second-order valence-corrected chi connectivity index (χ2v) is 11.9. The predicted octanol–water partition coefficient (Wildman–Crippen LogP) is 7.93. The maximum absolute atomic E-state index is 13.7. The first-order chi connectivity index (χ1) is 18.9. The molecule has 4 aliphatic rings. The molecule has 4 aliphatic carbocycles. The fourth-order valence-electron chi connectivity index (χ4n) is 7.40. The zero-order valence-corrected chi connectivity index (χ0v) is 22.1. The van der Waals surface area contributed by atoms with Gasteiger partial charge in [-0.2, -0.15) is 52.7 Å². The van der Waals surface area contributed by atoms with Gasteiger partial charge < -0.3 is 9.47 Å². The molecule has 0 radical (unpaired) electrons. The van der Waals surface area contributed by atoms with Crippen LogP contribution in [0.3, 0.4) is 0 Å². The number of fused-ring (bicyclic) bond motifs is 5. The van der Waals surface area contributed by atoms with E-state index in [1.807, 2.05) is 6.92 Å². The second kappa shape index (κ2) is 9.80. The topological polar surface area (TPSA) is 52.6 Å². The van der Waals surface area contributed by atoms with Crippen LogP contribution in [0.4, 0.5) is 52.7 Å². The molecule has 3 fully saturated rings. The van der Waals surface area contributed by atoms with Gasteiger partial charge in [0.1, 0.15) is 11.9 Å². The number of esters is 2. The highest BCUT2D eigenvalue weighted by Crippen LogP contribution is 2.66. The fourth-order valence-corrected chi connectivity index (χ4v) is 7.40. The number of ether oxygens (including phenoxy) is 2. The average molecular weight is 630 g/mol. The Morgan fingerprint density at radius 2 is 1.40 bits per heavy atom. The van der Waals surface area contributed by atoms with Gasteiger partial charge in [0.25, 0.3) is 0 Å². The maximum Gasteiger partial charge on any atom is 0.465 e. The third-order valence-corrected chi connectivity index (χ3v) is 9.77. The molecular weight excluding hydrogens is 604 g/mol. The highest BCUT2D eigenvalue weighted by Gasteiger charge is 2.77. The largest absolute Gasteiger partial charge is 0.465 e. The maximum atomic E-state index is 13.7. The van der Waals surface area contributed by atoms with E-state index in [1.165, 1.54) is 0 Å². The minimum atomic E-state index is -6.71. The van der Waals surface area contributed by atoms with Crippen molar-refractivity contribution in [1.29, 1.82) is 0 Å². The van der Waals surface area contributed by atoms with Crippen LogP contribution in [0.15, 0.2) is 23.5 Å². The zero-order valence-electron chi connectivity index (χ0n) is 22.1. The molecule has 4 rings (SSSR count). The van der Waals surface area contributed by atoms with Crippen molar-refractivity contribution in [3.8, 4) is 0 Å². The Hall–Kier alpha value is -2.42. The summed E-state index contributed by atoms with van der Waals surface area (Å²) in [4.78, 5) is 23.5. The van der Waals surface area contributed by atoms with Gasteiger partial charge in [0.05, 0.1) is 0 Å². The first-order valence-corrected chi connectivity index (χ1v) is 13.0. The van der Waals surface area contributed by atoms with E-state index in [1.54, 1.807) is 6.92 Å². The Balaban J connectivity index is 1.48. The van der Waals surface area contributed by atoms with Crippen molar-refractivity contribution >= 4 is 11.9 Å². The molecule has 42 heavy (non-hydrogen) atoms. The van der Waals surface area contributed by atoms with E-state index in [2.05, 4.69) is 4.74 Å². The first kappa shape index (κ1) is 32.5. The molecule has 0 aromatic heterocycles. The molecule has 238 valence electrons. The number of carbonyl (C=O) groups excluding carboxylic acids is 2. The molecule has 0 aromatic rings. The lowest BCUT2D eigenvalue weighted by molar-refractivity contribution is -0.347. The highest BCUT2D eigenvalue weighted by atomic mass is 19.4. The molecule has 4 nitrogen and oxygen atoms in total. The molecule has 3 saturated carbocycles. The monoisotopic (exact) mass is 630 g/mol. The molecule has 0 heterocycles. The number of alkyl halides is 12. The molecule has 0 aliphatic heterocycles. The molecule has 16 heteroatoms. The molecule has 0 aromatic carbocycles. The van der Waals surface area contributed by atoms with Gasteiger partial charge in [0.2, 0.25) is 0 Å². The van der Waals surface area contributed by atoms with Crippen LogP contribution in [0.5, 0.6) is 0 Å². The number of allylic oxidation sites excluding steroid dienone is 3. The molecule has 0 saturated heterocycles. The summed E-state index contributed by atoms with van der Waals surface area (Å²) in [5, 5.41) is 0. The minimum absolute atomic E-state index is 0.0451. The number of carbonyl (C=O) groups is 2. The molecule has 0 N–H and O–H groups in total. The van der Waals surface area contributed by atoms with Crippen molar-refractivity contribution in [1.82, 2.24) is 0 Å². The summed E-state index contributed by atoms with van der Waals surface area (Å²) in [7, 11) is 0. The van der Waals surface area contributed by atoms with E-state index < -0.39 is 64.8 Å². The van der Waals surface area contributed by atoms with Gasteiger partial charge in [0.15, 0.2) is 0 Å². The van der Waals surface area contributed by atoms with Crippen molar-refractivity contribution in [3.05, 3.63) is 23.5 Å². The Kier molecular flexibility index (Phi) is 7.58. The SMILES string of the molecule is C[C@]12CC=C(OC(=O)C(F)(F)C(F)(F)C(F)(F)F)C=C1CCC1C2CC[C@@]2(C)C1CC[C@@H]2OC(=O)C(F)(F)C(F)(F)F. The smallest absolute Gasteiger partial charge is 0.457 e. The highest BCUT2D eigenvalue weighted by molar-refractivity contribution is 5.80. The van der Waals surface area contributed by atoms with Crippen molar-refractivity contribution in [2.45, 2.75) is 95.0 Å². The van der Waals surface area contributed by atoms with E-state index in [4.69, 9.17) is 4.74 Å². The van der Waals surface area contributed by atoms with E-state index >= 15 is 0 Å². The van der Waals surface area contributed by atoms with Gasteiger partial charge >= 0.3 is 42.1 Å². The van der Waals surface area contributed by atoms with Crippen LogP contribution >= 0.6 is 0 Å². The van der Waals surface area contributed by atoms with E-state index in [9.17, 15) is 62.3 Å².